The standard InChI is InChI=1S/2C26H26N2O4S/c1-19(29)8-6-7-17-32-22-15-13-20(14-16-22)26(30)28-23-10-3-5-12-25(23)33(31)24-11-4-2-9-21(24)18-27;27-19-21-9-3-5-11-24(21)33(31)25-12-6-4-10-23(25)28-26(30)20-13-15-22(16-14-20)32-18-8-2-1-7-17-29/h2-5,9-16,19,29H,6-8,17H2,1H3,(H,28,30);3-6,9-16,29H,1-2,7-8,17-18H2,(H,28,30). The summed E-state index contributed by atoms with van der Waals surface area (Å²) >= 11 is 0. The molecule has 6 aromatic carbocycles. The maximum absolute atomic E-state index is 13.2. The van der Waals surface area contributed by atoms with E-state index >= 15 is 0 Å². The van der Waals surface area contributed by atoms with Crippen molar-refractivity contribution in [3.8, 4) is 23.6 Å². The number of nitrogens with zero attached hydrogens (tertiary/aromatic N) is 2. The SMILES string of the molecule is CC(O)CCCCOc1ccc(C(=O)Nc2ccccc2S(=O)c2ccccc2C#N)cc1.N#Cc1ccccc1S(=O)c1ccccc1NC(=O)c1ccc(OCCCCCCO)cc1. The van der Waals surface area contributed by atoms with Gasteiger partial charge in [0.25, 0.3) is 11.8 Å². The highest BCUT2D eigenvalue weighted by Crippen LogP contribution is 2.28. The van der Waals surface area contributed by atoms with Gasteiger partial charge in [0.05, 0.1) is 83.0 Å². The molecule has 0 aromatic heterocycles. The Morgan fingerprint density at radius 3 is 1.33 bits per heavy atom. The molecule has 0 aliphatic rings. The average molecular weight is 925 g/mol. The van der Waals surface area contributed by atoms with Gasteiger partial charge < -0.3 is 30.3 Å². The minimum atomic E-state index is -1.63. The number of aliphatic hydroxyl groups excluding tert-OH is 2. The van der Waals surface area contributed by atoms with Gasteiger partial charge in [-0.05, 0) is 143 Å². The van der Waals surface area contributed by atoms with Crippen LogP contribution >= 0.6 is 0 Å². The third kappa shape index (κ3) is 15.1. The first-order chi connectivity index (χ1) is 32.1. The van der Waals surface area contributed by atoms with E-state index in [9.17, 15) is 33.6 Å². The van der Waals surface area contributed by atoms with E-state index in [1.807, 2.05) is 0 Å². The second-order valence-corrected chi connectivity index (χ2v) is 17.7. The molecule has 0 spiro atoms. The highest BCUT2D eigenvalue weighted by atomic mass is 32.2. The molecular weight excluding hydrogens is 873 g/mol. The smallest absolute Gasteiger partial charge is 0.255 e. The molecule has 2 amide bonds. The van der Waals surface area contributed by atoms with Crippen molar-refractivity contribution in [3.63, 3.8) is 0 Å². The summed E-state index contributed by atoms with van der Waals surface area (Å²) in [6, 6.07) is 44.9. The summed E-state index contributed by atoms with van der Waals surface area (Å²) in [7, 11) is -3.25. The Balaban J connectivity index is 0.000000247. The van der Waals surface area contributed by atoms with E-state index in [1.54, 1.807) is 153 Å². The van der Waals surface area contributed by atoms with E-state index < -0.39 is 21.6 Å². The summed E-state index contributed by atoms with van der Waals surface area (Å²) in [6.07, 6.45) is 5.88. The summed E-state index contributed by atoms with van der Waals surface area (Å²) in [5.41, 5.74) is 2.40. The third-order valence-corrected chi connectivity index (χ3v) is 12.9. The Morgan fingerprint density at radius 1 is 0.545 bits per heavy atom. The van der Waals surface area contributed by atoms with Crippen LogP contribution in [0.4, 0.5) is 11.4 Å². The second kappa shape index (κ2) is 26.8. The van der Waals surface area contributed by atoms with Crippen molar-refractivity contribution in [3.05, 3.63) is 168 Å². The molecule has 3 atom stereocenters. The van der Waals surface area contributed by atoms with Crippen molar-refractivity contribution in [2.45, 2.75) is 77.6 Å². The molecule has 0 aliphatic carbocycles. The molecule has 14 heteroatoms. The minimum Gasteiger partial charge on any atom is -0.494 e. The first kappa shape index (κ1) is 50.1. The zero-order chi connectivity index (χ0) is 47.1. The molecule has 0 radical (unpaired) electrons. The number of anilines is 2. The van der Waals surface area contributed by atoms with Crippen LogP contribution in [0.15, 0.2) is 165 Å². The lowest BCUT2D eigenvalue weighted by molar-refractivity contribution is 0.101. The number of carbonyl (C=O) groups excluding carboxylic acids is 2. The summed E-state index contributed by atoms with van der Waals surface area (Å²) < 4.78 is 37.7. The topological polar surface area (TPSA) is 199 Å². The number of carbonyl (C=O) groups is 2. The summed E-state index contributed by atoms with van der Waals surface area (Å²) in [6.45, 7) is 3.12. The normalized spacial score (nSPS) is 11.9. The van der Waals surface area contributed by atoms with Crippen LogP contribution in [0, 0.1) is 22.7 Å². The van der Waals surface area contributed by atoms with Crippen LogP contribution in [0.1, 0.15) is 83.7 Å². The van der Waals surface area contributed by atoms with Gasteiger partial charge in [-0.3, -0.25) is 9.59 Å². The Morgan fingerprint density at radius 2 is 0.924 bits per heavy atom. The fraction of sp³-hybridized carbons (Fsp3) is 0.231. The zero-order valence-corrected chi connectivity index (χ0v) is 38.2. The van der Waals surface area contributed by atoms with Crippen molar-refractivity contribution < 1.29 is 37.7 Å². The number of nitriles is 2. The summed E-state index contributed by atoms with van der Waals surface area (Å²) in [4.78, 5) is 27.2. The van der Waals surface area contributed by atoms with Crippen LogP contribution in [0.3, 0.4) is 0 Å². The van der Waals surface area contributed by atoms with E-state index in [0.29, 0.717) is 77.9 Å². The lowest BCUT2D eigenvalue weighted by Gasteiger charge is -2.12. The predicted octanol–water partition coefficient (Wildman–Crippen LogP) is 9.82. The van der Waals surface area contributed by atoms with Crippen LogP contribution < -0.4 is 20.1 Å². The maximum Gasteiger partial charge on any atom is 0.255 e. The highest BCUT2D eigenvalue weighted by molar-refractivity contribution is 7.85. The van der Waals surface area contributed by atoms with Crippen LogP contribution in [-0.2, 0) is 21.6 Å². The number of unbranched alkanes of at least 4 members (excludes halogenated alkanes) is 4. The molecule has 6 aromatic rings. The quantitative estimate of drug-likeness (QED) is 0.0504. The molecule has 0 saturated carbocycles. The maximum atomic E-state index is 13.2. The first-order valence-corrected chi connectivity index (χ1v) is 23.8. The molecular formula is C52H52N4O8S2. The molecule has 3 unspecified atom stereocenters. The second-order valence-electron chi connectivity index (χ2n) is 14.9. The number of aliphatic hydroxyl groups is 2. The zero-order valence-electron chi connectivity index (χ0n) is 36.6. The Labute approximate surface area is 390 Å². The average Bonchev–Trinajstić information content (AvgIpc) is 3.35. The largest absolute Gasteiger partial charge is 0.494 e. The van der Waals surface area contributed by atoms with Crippen molar-refractivity contribution >= 4 is 44.8 Å². The number of hydrogen-bond acceptors (Lipinski definition) is 10. The van der Waals surface area contributed by atoms with Gasteiger partial charge in [0.2, 0.25) is 0 Å². The summed E-state index contributed by atoms with van der Waals surface area (Å²) in [5, 5.41) is 42.4. The number of benzene rings is 6. The lowest BCUT2D eigenvalue weighted by atomic mass is 10.2. The number of para-hydroxylation sites is 2. The number of amides is 2. The van der Waals surface area contributed by atoms with Gasteiger partial charge in [0, 0.05) is 17.7 Å². The Hall–Kier alpha value is -6.94. The molecule has 0 aliphatic heterocycles. The molecule has 6 rings (SSSR count). The van der Waals surface area contributed by atoms with Crippen molar-refractivity contribution in [1.29, 1.82) is 10.5 Å². The van der Waals surface area contributed by atoms with E-state index in [1.165, 1.54) is 0 Å². The molecule has 4 N–H and O–H groups in total. The van der Waals surface area contributed by atoms with E-state index in [4.69, 9.17) is 14.6 Å². The van der Waals surface area contributed by atoms with Crippen molar-refractivity contribution in [1.82, 2.24) is 0 Å². The van der Waals surface area contributed by atoms with Crippen LogP contribution in [0.25, 0.3) is 0 Å². The van der Waals surface area contributed by atoms with Gasteiger partial charge in [-0.15, -0.1) is 0 Å². The van der Waals surface area contributed by atoms with Gasteiger partial charge in [0.15, 0.2) is 0 Å². The number of nitrogens with one attached hydrogen (secondary N) is 2. The molecule has 0 heterocycles. The number of hydrogen-bond donors (Lipinski definition) is 4. The van der Waals surface area contributed by atoms with Crippen molar-refractivity contribution in [2.24, 2.45) is 0 Å². The van der Waals surface area contributed by atoms with Crippen LogP contribution in [-0.4, -0.2) is 56.4 Å². The van der Waals surface area contributed by atoms with Crippen LogP contribution in [0.5, 0.6) is 11.5 Å². The lowest BCUT2D eigenvalue weighted by Crippen LogP contribution is -2.14. The van der Waals surface area contributed by atoms with E-state index in [-0.39, 0.29) is 24.5 Å². The predicted molar refractivity (Wildman–Crippen MR) is 255 cm³/mol. The molecule has 0 bridgehead atoms. The molecule has 66 heavy (non-hydrogen) atoms. The van der Waals surface area contributed by atoms with E-state index in [0.717, 1.165) is 44.9 Å². The van der Waals surface area contributed by atoms with E-state index in [2.05, 4.69) is 22.8 Å². The van der Waals surface area contributed by atoms with Gasteiger partial charge in [-0.25, -0.2) is 8.42 Å². The fourth-order valence-corrected chi connectivity index (χ4v) is 8.97. The van der Waals surface area contributed by atoms with Gasteiger partial charge in [-0.2, -0.15) is 10.5 Å². The van der Waals surface area contributed by atoms with Gasteiger partial charge in [-0.1, -0.05) is 55.0 Å². The highest BCUT2D eigenvalue weighted by Gasteiger charge is 2.19. The van der Waals surface area contributed by atoms with Crippen LogP contribution in [0.2, 0.25) is 0 Å². The Kier molecular flexibility index (Phi) is 20.3. The third-order valence-electron chi connectivity index (χ3n) is 9.92. The van der Waals surface area contributed by atoms with Gasteiger partial charge in [0.1, 0.15) is 23.6 Å². The van der Waals surface area contributed by atoms with Gasteiger partial charge >= 0.3 is 0 Å². The molecule has 0 saturated heterocycles. The molecule has 340 valence electrons. The Bertz CT molecular complexity index is 2660. The molecule has 12 nitrogen and oxygen atoms in total. The number of rotatable bonds is 21. The minimum absolute atomic E-state index is 0.220. The first-order valence-electron chi connectivity index (χ1n) is 21.5. The number of ether oxygens (including phenoxy) is 2. The fourth-order valence-electron chi connectivity index (χ4n) is 6.42. The monoisotopic (exact) mass is 924 g/mol. The van der Waals surface area contributed by atoms with Crippen molar-refractivity contribution in [2.75, 3.05) is 30.5 Å². The summed E-state index contributed by atoms with van der Waals surface area (Å²) in [5.74, 6) is 0.682. The molecule has 0 fully saturated rings.